The normalized spacial score (nSPS) is 15.8. The van der Waals surface area contributed by atoms with Gasteiger partial charge in [0.2, 0.25) is 0 Å². The second kappa shape index (κ2) is 7.14. The molecule has 2 N–H and O–H groups in total. The number of hydrogen-bond donors (Lipinski definition) is 2. The van der Waals surface area contributed by atoms with Crippen LogP contribution in [0.3, 0.4) is 0 Å². The van der Waals surface area contributed by atoms with Gasteiger partial charge in [-0.25, -0.2) is 0 Å². The maximum Gasteiger partial charge on any atom is 0.156 e. The Labute approximate surface area is 126 Å². The number of aliphatic hydroxyl groups is 1. The smallest absolute Gasteiger partial charge is 0.156 e. The van der Waals surface area contributed by atoms with E-state index in [9.17, 15) is 5.11 Å². The molecule has 0 aliphatic carbocycles. The highest BCUT2D eigenvalue weighted by Gasteiger charge is 2.22. The molecule has 1 aromatic carbocycles. The Hall–Kier alpha value is -1.00. The first kappa shape index (κ1) is 17.1. The van der Waals surface area contributed by atoms with E-state index >= 15 is 0 Å². The Morgan fingerprint density at radius 2 is 1.80 bits per heavy atom. The van der Waals surface area contributed by atoms with E-state index in [4.69, 9.17) is 0 Å². The molecule has 0 heterocycles. The summed E-state index contributed by atoms with van der Waals surface area (Å²) in [6, 6.07) is 9.75. The van der Waals surface area contributed by atoms with Crippen LogP contribution in [0.4, 0.5) is 0 Å². The molecule has 1 atom stereocenters. The highest BCUT2D eigenvalue weighted by atomic mass is 32.2. The van der Waals surface area contributed by atoms with E-state index in [1.807, 2.05) is 43.5 Å². The summed E-state index contributed by atoms with van der Waals surface area (Å²) < 4.78 is 0. The first-order valence-corrected chi connectivity index (χ1v) is 8.11. The molecule has 0 bridgehead atoms. The molecule has 0 saturated heterocycles. The van der Waals surface area contributed by atoms with Crippen LogP contribution < -0.4 is 5.32 Å². The third-order valence-corrected chi connectivity index (χ3v) is 3.54. The molecule has 0 aromatic heterocycles. The Bertz CT molecular complexity index is 436. The standard InChI is InChI=1S/C16H26N2OS/c1-15(2,3)18-14(20-5)17-12-11-16(4,19)13-9-7-6-8-10-13/h6-10,19H,11-12H2,1-5H3,(H,17,18). The Balaban J connectivity index is 2.62. The maximum atomic E-state index is 10.5. The number of hydrogen-bond acceptors (Lipinski definition) is 3. The van der Waals surface area contributed by atoms with Crippen molar-refractivity contribution in [1.82, 2.24) is 5.32 Å². The van der Waals surface area contributed by atoms with Crippen molar-refractivity contribution in [3.63, 3.8) is 0 Å². The minimum absolute atomic E-state index is 0.00376. The quantitative estimate of drug-likeness (QED) is 0.661. The minimum atomic E-state index is -0.837. The number of nitrogens with zero attached hydrogens (tertiary/aromatic N) is 1. The van der Waals surface area contributed by atoms with Gasteiger partial charge in [0, 0.05) is 12.1 Å². The molecular formula is C16H26N2OS. The average Bonchev–Trinajstić information content (AvgIpc) is 2.37. The van der Waals surface area contributed by atoms with Gasteiger partial charge in [0.1, 0.15) is 0 Å². The summed E-state index contributed by atoms with van der Waals surface area (Å²) in [5.41, 5.74) is 0.101. The molecular weight excluding hydrogens is 268 g/mol. The zero-order valence-electron chi connectivity index (χ0n) is 13.1. The second-order valence-electron chi connectivity index (χ2n) is 6.16. The molecule has 1 unspecified atom stereocenters. The fourth-order valence-corrected chi connectivity index (χ4v) is 2.42. The lowest BCUT2D eigenvalue weighted by Gasteiger charge is -2.24. The van der Waals surface area contributed by atoms with Crippen molar-refractivity contribution in [2.24, 2.45) is 4.99 Å². The van der Waals surface area contributed by atoms with Crippen LogP contribution in [0.1, 0.15) is 39.7 Å². The van der Waals surface area contributed by atoms with Crippen molar-refractivity contribution in [3.8, 4) is 0 Å². The Kier molecular flexibility index (Phi) is 6.08. The van der Waals surface area contributed by atoms with Crippen molar-refractivity contribution in [2.45, 2.75) is 45.3 Å². The molecule has 112 valence electrons. The van der Waals surface area contributed by atoms with E-state index in [0.29, 0.717) is 13.0 Å². The number of benzene rings is 1. The molecule has 0 saturated carbocycles. The van der Waals surface area contributed by atoms with Gasteiger partial charge in [0.15, 0.2) is 5.17 Å². The molecule has 4 heteroatoms. The van der Waals surface area contributed by atoms with Crippen molar-refractivity contribution in [2.75, 3.05) is 12.8 Å². The van der Waals surface area contributed by atoms with E-state index in [0.717, 1.165) is 10.7 Å². The molecule has 0 fully saturated rings. The first-order chi connectivity index (χ1) is 9.24. The van der Waals surface area contributed by atoms with Crippen molar-refractivity contribution in [1.29, 1.82) is 0 Å². The Morgan fingerprint density at radius 3 is 2.30 bits per heavy atom. The lowest BCUT2D eigenvalue weighted by Crippen LogP contribution is -2.39. The van der Waals surface area contributed by atoms with Crippen LogP contribution in [0.15, 0.2) is 35.3 Å². The van der Waals surface area contributed by atoms with Crippen molar-refractivity contribution < 1.29 is 5.11 Å². The summed E-state index contributed by atoms with van der Waals surface area (Å²) in [4.78, 5) is 4.55. The number of amidine groups is 1. The van der Waals surface area contributed by atoms with Crippen molar-refractivity contribution in [3.05, 3.63) is 35.9 Å². The van der Waals surface area contributed by atoms with Gasteiger partial charge in [-0.3, -0.25) is 4.99 Å². The summed E-state index contributed by atoms with van der Waals surface area (Å²) in [6.45, 7) is 8.77. The van der Waals surface area contributed by atoms with Crippen LogP contribution in [-0.4, -0.2) is 28.6 Å². The number of nitrogens with one attached hydrogen (secondary N) is 1. The third-order valence-electron chi connectivity index (χ3n) is 2.92. The SMILES string of the molecule is CSC(=NCCC(C)(O)c1ccccc1)NC(C)(C)C. The van der Waals surface area contributed by atoms with Crippen LogP contribution in [-0.2, 0) is 5.60 Å². The fraction of sp³-hybridized carbons (Fsp3) is 0.562. The molecule has 0 aliphatic heterocycles. The first-order valence-electron chi connectivity index (χ1n) is 6.89. The monoisotopic (exact) mass is 294 g/mol. The van der Waals surface area contributed by atoms with Gasteiger partial charge in [-0.2, -0.15) is 0 Å². The number of thioether (sulfide) groups is 1. The molecule has 1 aromatic rings. The van der Waals surface area contributed by atoms with E-state index in [1.165, 1.54) is 0 Å². The summed E-state index contributed by atoms with van der Waals surface area (Å²) >= 11 is 1.60. The maximum absolute atomic E-state index is 10.5. The molecule has 20 heavy (non-hydrogen) atoms. The fourth-order valence-electron chi connectivity index (χ4n) is 1.79. The van der Waals surface area contributed by atoms with Crippen LogP contribution >= 0.6 is 11.8 Å². The zero-order valence-corrected chi connectivity index (χ0v) is 13.9. The highest BCUT2D eigenvalue weighted by molar-refractivity contribution is 8.13. The summed E-state index contributed by atoms with van der Waals surface area (Å²) in [7, 11) is 0. The van der Waals surface area contributed by atoms with Gasteiger partial charge >= 0.3 is 0 Å². The van der Waals surface area contributed by atoms with Crippen molar-refractivity contribution >= 4 is 16.9 Å². The van der Waals surface area contributed by atoms with Crippen LogP contribution in [0.25, 0.3) is 0 Å². The number of aliphatic imine (C=N–C) groups is 1. The van der Waals surface area contributed by atoms with Gasteiger partial charge < -0.3 is 10.4 Å². The highest BCUT2D eigenvalue weighted by Crippen LogP contribution is 2.24. The van der Waals surface area contributed by atoms with E-state index in [2.05, 4.69) is 31.1 Å². The molecule has 3 nitrogen and oxygen atoms in total. The van der Waals surface area contributed by atoms with Gasteiger partial charge in [0.05, 0.1) is 5.60 Å². The molecule has 1 rings (SSSR count). The molecule has 0 amide bonds. The van der Waals surface area contributed by atoms with Gasteiger partial charge in [-0.1, -0.05) is 42.1 Å². The predicted octanol–water partition coefficient (Wildman–Crippen LogP) is 3.39. The topological polar surface area (TPSA) is 44.6 Å². The van der Waals surface area contributed by atoms with E-state index in [1.54, 1.807) is 11.8 Å². The summed E-state index contributed by atoms with van der Waals surface area (Å²) in [6.07, 6.45) is 2.61. The zero-order chi connectivity index (χ0) is 15.2. The number of rotatable bonds is 4. The lowest BCUT2D eigenvalue weighted by molar-refractivity contribution is 0.0505. The Morgan fingerprint density at radius 1 is 1.20 bits per heavy atom. The summed E-state index contributed by atoms with van der Waals surface area (Å²) in [5.74, 6) is 0. The van der Waals surface area contributed by atoms with E-state index in [-0.39, 0.29) is 5.54 Å². The summed E-state index contributed by atoms with van der Waals surface area (Å²) in [5, 5.41) is 14.8. The lowest BCUT2D eigenvalue weighted by atomic mass is 9.93. The van der Waals surface area contributed by atoms with Gasteiger partial charge in [-0.15, -0.1) is 0 Å². The minimum Gasteiger partial charge on any atom is -0.385 e. The third kappa shape index (κ3) is 5.97. The molecule has 0 radical (unpaired) electrons. The molecule has 0 spiro atoms. The second-order valence-corrected chi connectivity index (χ2v) is 6.95. The van der Waals surface area contributed by atoms with Gasteiger partial charge in [-0.05, 0) is 45.9 Å². The van der Waals surface area contributed by atoms with Crippen LogP contribution in [0.5, 0.6) is 0 Å². The van der Waals surface area contributed by atoms with Gasteiger partial charge in [0.25, 0.3) is 0 Å². The predicted molar refractivity (Wildman–Crippen MR) is 89.3 cm³/mol. The van der Waals surface area contributed by atoms with Crippen LogP contribution in [0.2, 0.25) is 0 Å². The largest absolute Gasteiger partial charge is 0.385 e. The molecule has 0 aliphatic rings. The van der Waals surface area contributed by atoms with Crippen LogP contribution in [0, 0.1) is 0 Å². The average molecular weight is 294 g/mol. The van der Waals surface area contributed by atoms with E-state index < -0.39 is 5.60 Å².